The normalized spacial score (nSPS) is 21.1. The second-order valence-corrected chi connectivity index (χ2v) is 7.37. The van der Waals surface area contributed by atoms with Gasteiger partial charge in [-0.1, -0.05) is 18.2 Å². The molecule has 0 saturated carbocycles. The molecule has 2 saturated heterocycles. The highest BCUT2D eigenvalue weighted by Crippen LogP contribution is 2.26. The van der Waals surface area contributed by atoms with Gasteiger partial charge in [-0.2, -0.15) is 0 Å². The Kier molecular flexibility index (Phi) is 5.59. The lowest BCUT2D eigenvalue weighted by molar-refractivity contribution is -0.115. The summed E-state index contributed by atoms with van der Waals surface area (Å²) in [6, 6.07) is 13.2. The number of benzene rings is 1. The molecule has 2 aliphatic rings. The molecule has 0 aliphatic carbocycles. The number of morpholine rings is 1. The third kappa shape index (κ3) is 4.52. The molecule has 0 unspecified atom stereocenters. The van der Waals surface area contributed by atoms with E-state index in [9.17, 15) is 9.59 Å². The van der Waals surface area contributed by atoms with Crippen molar-refractivity contribution in [1.29, 1.82) is 0 Å². The van der Waals surface area contributed by atoms with Crippen LogP contribution in [0.5, 0.6) is 5.75 Å². The first-order valence-electron chi connectivity index (χ1n) is 8.93. The van der Waals surface area contributed by atoms with Crippen LogP contribution in [-0.2, 0) is 9.53 Å². The fourth-order valence-electron chi connectivity index (χ4n) is 2.99. The van der Waals surface area contributed by atoms with Crippen molar-refractivity contribution in [3.8, 4) is 5.75 Å². The number of imide groups is 1. The summed E-state index contributed by atoms with van der Waals surface area (Å²) >= 11 is 0.904. The monoisotopic (exact) mass is 397 g/mol. The van der Waals surface area contributed by atoms with Crippen molar-refractivity contribution in [1.82, 2.24) is 10.3 Å². The van der Waals surface area contributed by atoms with Crippen LogP contribution >= 0.6 is 11.8 Å². The lowest BCUT2D eigenvalue weighted by atomic mass is 10.2. The summed E-state index contributed by atoms with van der Waals surface area (Å²) in [4.78, 5) is 29.8. The van der Waals surface area contributed by atoms with E-state index in [2.05, 4.69) is 15.2 Å². The van der Waals surface area contributed by atoms with Crippen molar-refractivity contribution in [2.75, 3.05) is 31.2 Å². The molecule has 2 fully saturated rings. The number of rotatable bonds is 5. The molecule has 1 N–H and O–H groups in total. The van der Waals surface area contributed by atoms with E-state index in [1.165, 1.54) is 0 Å². The smallest absolute Gasteiger partial charge is 0.290 e. The minimum Gasteiger partial charge on any atom is -0.491 e. The first-order chi connectivity index (χ1) is 13.7. The molecular formula is C20H19N3O4S. The first kappa shape index (κ1) is 18.5. The van der Waals surface area contributed by atoms with Crippen LogP contribution in [0, 0.1) is 0 Å². The molecule has 1 atom stereocenters. The van der Waals surface area contributed by atoms with Gasteiger partial charge in [0.2, 0.25) is 0 Å². The van der Waals surface area contributed by atoms with E-state index in [1.54, 1.807) is 12.3 Å². The molecule has 2 aliphatic heterocycles. The van der Waals surface area contributed by atoms with Gasteiger partial charge in [0.15, 0.2) is 0 Å². The molecule has 3 heterocycles. The highest BCUT2D eigenvalue weighted by atomic mass is 32.2. The van der Waals surface area contributed by atoms with Crippen LogP contribution in [-0.4, -0.2) is 48.5 Å². The second-order valence-electron chi connectivity index (χ2n) is 6.36. The van der Waals surface area contributed by atoms with Crippen LogP contribution < -0.4 is 15.0 Å². The Balaban J connectivity index is 1.32. The zero-order valence-corrected chi connectivity index (χ0v) is 15.9. The van der Waals surface area contributed by atoms with E-state index in [4.69, 9.17) is 9.47 Å². The standard InChI is InChI=1S/C20H19N3O4S/c24-19-17(28-20(25)22-19)11-14-4-6-15(7-5-14)27-13-16-12-23(9-10-26-16)18-3-1-2-8-21-18/h1-8,11,16H,9-10,12-13H2,(H,22,24,25)/t16-/m1/s1. The van der Waals surface area contributed by atoms with Crippen molar-refractivity contribution >= 4 is 34.8 Å². The van der Waals surface area contributed by atoms with Gasteiger partial charge in [0.25, 0.3) is 11.1 Å². The largest absolute Gasteiger partial charge is 0.491 e. The van der Waals surface area contributed by atoms with Crippen LogP contribution in [0.4, 0.5) is 10.6 Å². The Morgan fingerprint density at radius 2 is 2.11 bits per heavy atom. The summed E-state index contributed by atoms with van der Waals surface area (Å²) in [5.74, 6) is 1.31. The third-order valence-corrected chi connectivity index (χ3v) is 5.18. The summed E-state index contributed by atoms with van der Waals surface area (Å²) in [6.07, 6.45) is 3.43. The number of hydrogen-bond acceptors (Lipinski definition) is 7. The van der Waals surface area contributed by atoms with Crippen LogP contribution in [0.15, 0.2) is 53.6 Å². The number of carbonyl (C=O) groups is 2. The number of aromatic nitrogens is 1. The maximum Gasteiger partial charge on any atom is 0.290 e. The van der Waals surface area contributed by atoms with Gasteiger partial charge >= 0.3 is 0 Å². The van der Waals surface area contributed by atoms with Crippen LogP contribution in [0.1, 0.15) is 5.56 Å². The van der Waals surface area contributed by atoms with Crippen molar-refractivity contribution in [2.45, 2.75) is 6.10 Å². The summed E-state index contributed by atoms with van der Waals surface area (Å²) < 4.78 is 11.7. The molecule has 1 aromatic carbocycles. The van der Waals surface area contributed by atoms with Gasteiger partial charge in [-0.3, -0.25) is 14.9 Å². The number of nitrogens with zero attached hydrogens (tertiary/aromatic N) is 2. The van der Waals surface area contributed by atoms with Crippen LogP contribution in [0.2, 0.25) is 0 Å². The topological polar surface area (TPSA) is 80.8 Å². The van der Waals surface area contributed by atoms with Gasteiger partial charge in [0.1, 0.15) is 24.3 Å². The number of nitrogens with one attached hydrogen (secondary N) is 1. The molecule has 1 aromatic heterocycles. The molecular weight excluding hydrogens is 378 g/mol. The molecule has 0 bridgehead atoms. The fraction of sp³-hybridized carbons (Fsp3) is 0.250. The van der Waals surface area contributed by atoms with Gasteiger partial charge in [-0.25, -0.2) is 4.98 Å². The summed E-state index contributed by atoms with van der Waals surface area (Å²) in [5, 5.41) is 1.90. The van der Waals surface area contributed by atoms with Gasteiger partial charge in [-0.05, 0) is 47.7 Å². The highest BCUT2D eigenvalue weighted by molar-refractivity contribution is 8.18. The second kappa shape index (κ2) is 8.45. The van der Waals surface area contributed by atoms with E-state index in [0.717, 1.165) is 42.0 Å². The van der Waals surface area contributed by atoms with Crippen molar-refractivity contribution in [3.63, 3.8) is 0 Å². The average Bonchev–Trinajstić information content (AvgIpc) is 3.05. The number of pyridine rings is 1. The van der Waals surface area contributed by atoms with Crippen molar-refractivity contribution in [2.24, 2.45) is 0 Å². The van der Waals surface area contributed by atoms with Crippen LogP contribution in [0.3, 0.4) is 0 Å². The summed E-state index contributed by atoms with van der Waals surface area (Å²) in [6.45, 7) is 2.61. The first-order valence-corrected chi connectivity index (χ1v) is 9.74. The minimum atomic E-state index is -0.359. The molecule has 8 heteroatoms. The average molecular weight is 397 g/mol. The molecule has 2 amide bonds. The van der Waals surface area contributed by atoms with E-state index >= 15 is 0 Å². The lowest BCUT2D eigenvalue weighted by Crippen LogP contribution is -2.45. The minimum absolute atomic E-state index is 0.0397. The fourth-order valence-corrected chi connectivity index (χ4v) is 3.67. The molecule has 28 heavy (non-hydrogen) atoms. The van der Waals surface area contributed by atoms with Gasteiger partial charge in [0, 0.05) is 19.3 Å². The lowest BCUT2D eigenvalue weighted by Gasteiger charge is -2.33. The number of anilines is 1. The van der Waals surface area contributed by atoms with E-state index in [0.29, 0.717) is 18.1 Å². The van der Waals surface area contributed by atoms with Gasteiger partial charge in [0.05, 0.1) is 11.5 Å². The number of carbonyl (C=O) groups excluding carboxylic acids is 2. The summed E-state index contributed by atoms with van der Waals surface area (Å²) in [7, 11) is 0. The third-order valence-electron chi connectivity index (χ3n) is 4.37. The molecule has 144 valence electrons. The number of ether oxygens (including phenoxy) is 2. The van der Waals surface area contributed by atoms with Gasteiger partial charge < -0.3 is 14.4 Å². The van der Waals surface area contributed by atoms with Gasteiger partial charge in [-0.15, -0.1) is 0 Å². The zero-order chi connectivity index (χ0) is 19.3. The number of amides is 2. The molecule has 7 nitrogen and oxygen atoms in total. The molecule has 0 spiro atoms. The van der Waals surface area contributed by atoms with E-state index in [-0.39, 0.29) is 17.3 Å². The number of thioether (sulfide) groups is 1. The highest BCUT2D eigenvalue weighted by Gasteiger charge is 2.25. The van der Waals surface area contributed by atoms with Crippen molar-refractivity contribution in [3.05, 3.63) is 59.1 Å². The Labute approximate surface area is 166 Å². The number of hydrogen-bond donors (Lipinski definition) is 1. The molecule has 2 aromatic rings. The Morgan fingerprint density at radius 1 is 1.25 bits per heavy atom. The Bertz CT molecular complexity index is 886. The zero-order valence-electron chi connectivity index (χ0n) is 15.0. The molecule has 0 radical (unpaired) electrons. The van der Waals surface area contributed by atoms with E-state index < -0.39 is 0 Å². The van der Waals surface area contributed by atoms with Crippen molar-refractivity contribution < 1.29 is 19.1 Å². The predicted molar refractivity (Wildman–Crippen MR) is 107 cm³/mol. The Morgan fingerprint density at radius 3 is 2.82 bits per heavy atom. The molecule has 4 rings (SSSR count). The Hall–Kier alpha value is -2.84. The quantitative estimate of drug-likeness (QED) is 0.777. The van der Waals surface area contributed by atoms with Crippen LogP contribution in [0.25, 0.3) is 6.08 Å². The van der Waals surface area contributed by atoms with E-state index in [1.807, 2.05) is 42.5 Å². The predicted octanol–water partition coefficient (Wildman–Crippen LogP) is 2.69. The maximum absolute atomic E-state index is 11.6. The summed E-state index contributed by atoms with van der Waals surface area (Å²) in [5.41, 5.74) is 0.829. The SMILES string of the molecule is O=C1NC(=O)C(=Cc2ccc(OC[C@H]3CN(c4ccccn4)CCO3)cc2)S1. The maximum atomic E-state index is 11.6.